The van der Waals surface area contributed by atoms with E-state index in [1.807, 2.05) is 0 Å². The number of hydrogen-bond donors (Lipinski definition) is 0. The van der Waals surface area contributed by atoms with E-state index in [4.69, 9.17) is 0 Å². The summed E-state index contributed by atoms with van der Waals surface area (Å²) in [7, 11) is -4.28. The van der Waals surface area contributed by atoms with Gasteiger partial charge in [0.1, 0.15) is 6.33 Å². The van der Waals surface area contributed by atoms with Crippen LogP contribution >= 0.6 is 0 Å². The molecule has 0 aliphatic rings. The molecule has 7 heteroatoms. The average molecular weight is 256 g/mol. The first-order valence-corrected chi connectivity index (χ1v) is 5.98. The van der Waals surface area contributed by atoms with Gasteiger partial charge in [0.2, 0.25) is 21.7 Å². The Labute approximate surface area is 95.9 Å². The van der Waals surface area contributed by atoms with Gasteiger partial charge >= 0.3 is 0 Å². The highest BCUT2D eigenvalue weighted by Gasteiger charge is 2.27. The molecule has 0 saturated heterocycles. The predicted octanol–water partition coefficient (Wildman–Crippen LogP) is 1.59. The Morgan fingerprint density at radius 2 is 1.47 bits per heavy atom. The summed E-state index contributed by atoms with van der Waals surface area (Å²) in [4.78, 5) is 4.72. The van der Waals surface area contributed by atoms with Crippen molar-refractivity contribution in [2.45, 2.75) is 9.79 Å². The maximum atomic E-state index is 13.3. The van der Waals surface area contributed by atoms with Crippen LogP contribution in [0.25, 0.3) is 0 Å². The molecule has 0 N–H and O–H groups in total. The van der Waals surface area contributed by atoms with Gasteiger partial charge in [0.05, 0.1) is 4.90 Å². The van der Waals surface area contributed by atoms with E-state index < -0.39 is 26.6 Å². The summed E-state index contributed by atoms with van der Waals surface area (Å²) in [6.07, 6.45) is 0.620. The van der Waals surface area contributed by atoms with Crippen LogP contribution in [-0.4, -0.2) is 18.4 Å². The summed E-state index contributed by atoms with van der Waals surface area (Å²) >= 11 is 0. The zero-order chi connectivity index (χ0) is 12.5. The van der Waals surface area contributed by atoms with Crippen molar-refractivity contribution in [3.8, 4) is 0 Å². The number of benzene rings is 1. The topological polar surface area (TPSA) is 59.9 Å². The lowest BCUT2D eigenvalue weighted by atomic mass is 10.4. The molecule has 0 amide bonds. The van der Waals surface area contributed by atoms with Crippen molar-refractivity contribution < 1.29 is 17.2 Å². The molecule has 0 unspecified atom stereocenters. The zero-order valence-corrected chi connectivity index (χ0v) is 9.16. The van der Waals surface area contributed by atoms with Crippen molar-refractivity contribution in [1.82, 2.24) is 9.97 Å². The third-order valence-corrected chi connectivity index (χ3v) is 3.81. The Bertz CT molecular complexity index is 624. The number of halogens is 2. The number of hydrogen-bond acceptors (Lipinski definition) is 4. The molecule has 0 radical (unpaired) electrons. The molecule has 2 rings (SSSR count). The Kier molecular flexibility index (Phi) is 2.84. The van der Waals surface area contributed by atoms with E-state index >= 15 is 0 Å². The van der Waals surface area contributed by atoms with Crippen LogP contribution in [0.2, 0.25) is 0 Å². The van der Waals surface area contributed by atoms with Crippen LogP contribution < -0.4 is 0 Å². The zero-order valence-electron chi connectivity index (χ0n) is 8.34. The first-order valence-electron chi connectivity index (χ1n) is 4.49. The third-order valence-electron chi connectivity index (χ3n) is 2.04. The summed E-state index contributed by atoms with van der Waals surface area (Å²) in [6, 6.07) is 6.97. The summed E-state index contributed by atoms with van der Waals surface area (Å²) < 4.78 is 50.4. The third kappa shape index (κ3) is 2.01. The fourth-order valence-corrected chi connectivity index (χ4v) is 2.57. The maximum absolute atomic E-state index is 13.3. The summed E-state index contributed by atoms with van der Waals surface area (Å²) in [5, 5.41) is 0. The number of rotatable bonds is 2. The number of sulfone groups is 1. The smallest absolute Gasteiger partial charge is 0.218 e. The van der Waals surface area contributed by atoms with Gasteiger partial charge in [-0.05, 0) is 12.1 Å². The molecule has 0 aliphatic carbocycles. The molecular formula is C10H6F2N2O2S. The highest BCUT2D eigenvalue weighted by atomic mass is 32.2. The molecule has 0 fully saturated rings. The van der Waals surface area contributed by atoms with Crippen molar-refractivity contribution >= 4 is 9.84 Å². The quantitative estimate of drug-likeness (QED) is 0.765. The van der Waals surface area contributed by atoms with Crippen molar-refractivity contribution in [1.29, 1.82) is 0 Å². The van der Waals surface area contributed by atoms with Gasteiger partial charge in [-0.3, -0.25) is 0 Å². The van der Waals surface area contributed by atoms with Crippen molar-refractivity contribution in [3.05, 3.63) is 48.6 Å². The van der Waals surface area contributed by atoms with Crippen molar-refractivity contribution in [3.63, 3.8) is 0 Å². The second-order valence-corrected chi connectivity index (χ2v) is 4.99. The van der Waals surface area contributed by atoms with E-state index in [1.54, 1.807) is 6.07 Å². The van der Waals surface area contributed by atoms with Crippen LogP contribution in [0, 0.1) is 11.9 Å². The molecule has 1 heterocycles. The molecule has 1 aromatic heterocycles. The highest BCUT2D eigenvalue weighted by molar-refractivity contribution is 7.91. The Balaban J connectivity index is 2.69. The SMILES string of the molecule is O=S(=O)(c1ccccc1)c1c(F)ncnc1F. The van der Waals surface area contributed by atoms with Crippen LogP contribution in [0.4, 0.5) is 8.78 Å². The van der Waals surface area contributed by atoms with Gasteiger partial charge in [-0.15, -0.1) is 0 Å². The molecule has 0 spiro atoms. The maximum Gasteiger partial charge on any atom is 0.238 e. The molecule has 1 aromatic carbocycles. The molecule has 0 atom stereocenters. The average Bonchev–Trinajstić information content (AvgIpc) is 2.29. The molecule has 88 valence electrons. The molecule has 0 saturated carbocycles. The number of nitrogens with zero attached hydrogens (tertiary/aromatic N) is 2. The lowest BCUT2D eigenvalue weighted by Crippen LogP contribution is -2.10. The van der Waals surface area contributed by atoms with Gasteiger partial charge in [0.25, 0.3) is 0 Å². The van der Waals surface area contributed by atoms with Crippen LogP contribution in [0.1, 0.15) is 0 Å². The van der Waals surface area contributed by atoms with Crippen molar-refractivity contribution in [2.75, 3.05) is 0 Å². The van der Waals surface area contributed by atoms with Crippen LogP contribution in [-0.2, 0) is 9.84 Å². The summed E-state index contributed by atoms with van der Waals surface area (Å²) in [6.45, 7) is 0. The van der Waals surface area contributed by atoms with Gasteiger partial charge in [-0.2, -0.15) is 8.78 Å². The largest absolute Gasteiger partial charge is 0.238 e. The van der Waals surface area contributed by atoms with Crippen molar-refractivity contribution in [2.24, 2.45) is 0 Å². The number of aromatic nitrogens is 2. The van der Waals surface area contributed by atoms with E-state index in [0.29, 0.717) is 6.33 Å². The molecular weight excluding hydrogens is 250 g/mol. The minimum Gasteiger partial charge on any atom is -0.218 e. The lowest BCUT2D eigenvalue weighted by Gasteiger charge is -2.04. The van der Waals surface area contributed by atoms with Gasteiger partial charge in [0.15, 0.2) is 4.90 Å². The lowest BCUT2D eigenvalue weighted by molar-refractivity contribution is 0.469. The standard InChI is InChI=1S/C10H6F2N2O2S/c11-9-8(10(12)14-6-13-9)17(15,16)7-4-2-1-3-5-7/h1-6H. The van der Waals surface area contributed by atoms with E-state index in [2.05, 4.69) is 9.97 Å². The van der Waals surface area contributed by atoms with E-state index in [1.165, 1.54) is 24.3 Å². The first kappa shape index (κ1) is 11.6. The molecule has 4 nitrogen and oxygen atoms in total. The molecule has 0 bridgehead atoms. The Hall–Kier alpha value is -1.89. The second kappa shape index (κ2) is 4.17. The van der Waals surface area contributed by atoms with Gasteiger partial charge in [0, 0.05) is 0 Å². The van der Waals surface area contributed by atoms with E-state index in [-0.39, 0.29) is 4.90 Å². The fourth-order valence-electron chi connectivity index (χ4n) is 1.27. The van der Waals surface area contributed by atoms with Crippen LogP contribution in [0.3, 0.4) is 0 Å². The first-order chi connectivity index (χ1) is 8.03. The summed E-state index contributed by atoms with van der Waals surface area (Å²) in [5.41, 5.74) is 0. The van der Waals surface area contributed by atoms with Gasteiger partial charge in [-0.25, -0.2) is 18.4 Å². The monoisotopic (exact) mass is 256 g/mol. The molecule has 2 aromatic rings. The minimum absolute atomic E-state index is 0.215. The predicted molar refractivity (Wildman–Crippen MR) is 53.8 cm³/mol. The van der Waals surface area contributed by atoms with Gasteiger partial charge < -0.3 is 0 Å². The van der Waals surface area contributed by atoms with Gasteiger partial charge in [-0.1, -0.05) is 18.2 Å². The normalized spacial score (nSPS) is 11.4. The van der Waals surface area contributed by atoms with E-state index in [9.17, 15) is 17.2 Å². The Morgan fingerprint density at radius 3 is 2.00 bits per heavy atom. The van der Waals surface area contributed by atoms with Crippen LogP contribution in [0.15, 0.2) is 46.5 Å². The molecule has 17 heavy (non-hydrogen) atoms. The summed E-state index contributed by atoms with van der Waals surface area (Å²) in [5.74, 6) is -2.80. The van der Waals surface area contributed by atoms with Crippen LogP contribution in [0.5, 0.6) is 0 Å². The highest BCUT2D eigenvalue weighted by Crippen LogP contribution is 2.23. The minimum atomic E-state index is -4.28. The molecule has 0 aliphatic heterocycles. The second-order valence-electron chi connectivity index (χ2n) is 3.10. The Morgan fingerprint density at radius 1 is 0.941 bits per heavy atom. The van der Waals surface area contributed by atoms with E-state index in [0.717, 1.165) is 0 Å². The fraction of sp³-hybridized carbons (Fsp3) is 0.